The highest BCUT2D eigenvalue weighted by molar-refractivity contribution is 6.30. The normalized spacial score (nSPS) is 25.9. The molecule has 3 aliphatic rings. The van der Waals surface area contributed by atoms with E-state index >= 15 is 0 Å². The van der Waals surface area contributed by atoms with Crippen LogP contribution in [0.25, 0.3) is 0 Å². The van der Waals surface area contributed by atoms with Gasteiger partial charge in [0.05, 0.1) is 36.5 Å². The number of piperazine rings is 1. The second kappa shape index (κ2) is 8.20. The molecule has 7 nitrogen and oxygen atoms in total. The van der Waals surface area contributed by atoms with E-state index in [1.807, 2.05) is 32.9 Å². The van der Waals surface area contributed by atoms with Crippen LogP contribution < -0.4 is 14.4 Å². The Balaban J connectivity index is 1.42. The lowest BCUT2D eigenvalue weighted by molar-refractivity contribution is -0.0705. The predicted molar refractivity (Wildman–Crippen MR) is 125 cm³/mol. The summed E-state index contributed by atoms with van der Waals surface area (Å²) in [5, 5.41) is 0.302. The summed E-state index contributed by atoms with van der Waals surface area (Å²) in [5.41, 5.74) is 0.506. The number of amides is 1. The van der Waals surface area contributed by atoms with Gasteiger partial charge in [-0.25, -0.2) is 9.18 Å². The van der Waals surface area contributed by atoms with Crippen LogP contribution in [0.5, 0.6) is 11.5 Å². The Morgan fingerprint density at radius 1 is 1.15 bits per heavy atom. The van der Waals surface area contributed by atoms with Crippen molar-refractivity contribution < 1.29 is 28.1 Å². The molecular weight excluding hydrogens is 463 g/mol. The van der Waals surface area contributed by atoms with Gasteiger partial charge in [-0.15, -0.1) is 0 Å². The number of anilines is 1. The minimum absolute atomic E-state index is 0.0736. The minimum atomic E-state index is -1.34. The molecule has 2 saturated heterocycles. The Morgan fingerprint density at radius 3 is 2.65 bits per heavy atom. The third-order valence-corrected chi connectivity index (χ3v) is 6.56. The average Bonchev–Trinajstić information content (AvgIpc) is 3.36. The van der Waals surface area contributed by atoms with E-state index in [0.29, 0.717) is 42.8 Å². The molecule has 0 saturated carbocycles. The molecule has 0 aromatic heterocycles. The molecular formula is C25H28ClFN2O5. The van der Waals surface area contributed by atoms with Gasteiger partial charge in [0.1, 0.15) is 11.4 Å². The Labute approximate surface area is 203 Å². The van der Waals surface area contributed by atoms with E-state index < -0.39 is 17.2 Å². The molecule has 3 heterocycles. The molecule has 34 heavy (non-hydrogen) atoms. The number of carbonyl (C=O) groups is 1. The van der Waals surface area contributed by atoms with Gasteiger partial charge in [0, 0.05) is 25.0 Å². The highest BCUT2D eigenvalue weighted by atomic mass is 35.5. The molecule has 0 N–H and O–H groups in total. The zero-order valence-corrected chi connectivity index (χ0v) is 20.4. The molecule has 0 aliphatic carbocycles. The first-order valence-corrected chi connectivity index (χ1v) is 11.7. The number of nitrogens with zero attached hydrogens (tertiary/aromatic N) is 2. The molecule has 2 aromatic rings. The minimum Gasteiger partial charge on any atom is -0.444 e. The summed E-state index contributed by atoms with van der Waals surface area (Å²) in [6, 6.07) is 9.84. The van der Waals surface area contributed by atoms with Crippen molar-refractivity contribution in [2.24, 2.45) is 0 Å². The molecule has 2 fully saturated rings. The summed E-state index contributed by atoms with van der Waals surface area (Å²) >= 11 is 5.93. The number of rotatable bonds is 2. The van der Waals surface area contributed by atoms with Crippen molar-refractivity contribution in [1.82, 2.24) is 4.90 Å². The number of hydrogen-bond acceptors (Lipinski definition) is 6. The van der Waals surface area contributed by atoms with Crippen molar-refractivity contribution in [2.45, 2.75) is 51.2 Å². The Morgan fingerprint density at radius 2 is 1.91 bits per heavy atom. The number of halogens is 2. The summed E-state index contributed by atoms with van der Waals surface area (Å²) < 4.78 is 38.5. The Bertz CT molecular complexity index is 1120. The maximum Gasteiger partial charge on any atom is 0.410 e. The molecule has 3 atom stereocenters. The third kappa shape index (κ3) is 4.03. The van der Waals surface area contributed by atoms with Gasteiger partial charge in [-0.05, 0) is 51.1 Å². The fourth-order valence-electron chi connectivity index (χ4n) is 4.83. The van der Waals surface area contributed by atoms with Gasteiger partial charge in [0.25, 0.3) is 5.79 Å². The van der Waals surface area contributed by atoms with Crippen LogP contribution in [-0.4, -0.2) is 55.0 Å². The average molecular weight is 491 g/mol. The van der Waals surface area contributed by atoms with E-state index in [9.17, 15) is 9.18 Å². The van der Waals surface area contributed by atoms with E-state index in [2.05, 4.69) is 4.90 Å². The number of fused-ring (bicyclic) bond motifs is 2. The van der Waals surface area contributed by atoms with Gasteiger partial charge in [-0.3, -0.25) is 4.90 Å². The number of para-hydroxylation sites is 1. The van der Waals surface area contributed by atoms with E-state index in [4.69, 9.17) is 30.5 Å². The number of hydrogen-bond donors (Lipinski definition) is 0. The second-order valence-corrected chi connectivity index (χ2v) is 10.4. The van der Waals surface area contributed by atoms with Crippen LogP contribution in [0.1, 0.15) is 33.3 Å². The van der Waals surface area contributed by atoms with Crippen molar-refractivity contribution in [3.63, 3.8) is 0 Å². The topological polar surface area (TPSA) is 60.5 Å². The fraction of sp³-hybridized carbons (Fsp3) is 0.480. The SMILES string of the molecule is CC(C)(C)OC(=O)N1CCN(c2cccc3c2OC(C)(c2ccc(Cl)cc2F)O3)[C@@H]2COC[C@@H]21. The first-order chi connectivity index (χ1) is 16.1. The van der Waals surface area contributed by atoms with E-state index in [-0.39, 0.29) is 23.7 Å². The van der Waals surface area contributed by atoms with Crippen LogP contribution in [0.15, 0.2) is 36.4 Å². The molecule has 182 valence electrons. The maximum atomic E-state index is 14.7. The van der Waals surface area contributed by atoms with Gasteiger partial charge < -0.3 is 23.8 Å². The van der Waals surface area contributed by atoms with Crippen molar-refractivity contribution in [3.05, 3.63) is 52.8 Å². The van der Waals surface area contributed by atoms with Crippen LogP contribution in [0, 0.1) is 5.82 Å². The van der Waals surface area contributed by atoms with Gasteiger partial charge in [0.15, 0.2) is 11.5 Å². The van der Waals surface area contributed by atoms with E-state index in [1.165, 1.54) is 6.07 Å². The van der Waals surface area contributed by atoms with Gasteiger partial charge >= 0.3 is 6.09 Å². The molecule has 0 radical (unpaired) electrons. The van der Waals surface area contributed by atoms with Gasteiger partial charge in [-0.2, -0.15) is 0 Å². The molecule has 1 amide bonds. The van der Waals surface area contributed by atoms with Crippen molar-refractivity contribution in [1.29, 1.82) is 0 Å². The molecule has 0 bridgehead atoms. The van der Waals surface area contributed by atoms with E-state index in [1.54, 1.807) is 30.0 Å². The largest absolute Gasteiger partial charge is 0.444 e. The fourth-order valence-corrected chi connectivity index (χ4v) is 4.99. The molecule has 1 unspecified atom stereocenters. The van der Waals surface area contributed by atoms with Crippen LogP contribution in [0.2, 0.25) is 5.02 Å². The Hall–Kier alpha value is -2.71. The molecule has 9 heteroatoms. The van der Waals surface area contributed by atoms with Crippen LogP contribution in [0.3, 0.4) is 0 Å². The number of carbonyl (C=O) groups excluding carboxylic acids is 1. The highest BCUT2D eigenvalue weighted by Gasteiger charge is 2.47. The van der Waals surface area contributed by atoms with E-state index in [0.717, 1.165) is 5.69 Å². The zero-order valence-electron chi connectivity index (χ0n) is 19.6. The maximum absolute atomic E-state index is 14.7. The zero-order chi connectivity index (χ0) is 24.3. The lowest BCUT2D eigenvalue weighted by atomic mass is 10.0. The predicted octanol–water partition coefficient (Wildman–Crippen LogP) is 4.95. The summed E-state index contributed by atoms with van der Waals surface area (Å²) in [6.07, 6.45) is -0.337. The van der Waals surface area contributed by atoms with Gasteiger partial charge in [-0.1, -0.05) is 17.7 Å². The summed E-state index contributed by atoms with van der Waals surface area (Å²) in [5.74, 6) is -0.772. The summed E-state index contributed by atoms with van der Waals surface area (Å²) in [7, 11) is 0. The van der Waals surface area contributed by atoms with Crippen LogP contribution >= 0.6 is 11.6 Å². The lowest BCUT2D eigenvalue weighted by Crippen LogP contribution is -2.61. The smallest absolute Gasteiger partial charge is 0.410 e. The van der Waals surface area contributed by atoms with Crippen molar-refractivity contribution in [2.75, 3.05) is 31.2 Å². The molecule has 5 rings (SSSR count). The standard InChI is InChI=1S/C25H28ClFN2O5/c1-24(2,3)34-23(30)29-11-10-28(19-13-31-14-20(19)29)18-6-5-7-21-22(18)33-25(4,32-21)16-9-8-15(26)12-17(16)27/h5-9,12,19-20H,10-11,13-14H2,1-4H3/t19-,20+,25?/m1/s1. The van der Waals surface area contributed by atoms with Crippen molar-refractivity contribution in [3.8, 4) is 11.5 Å². The van der Waals surface area contributed by atoms with Gasteiger partial charge in [0.2, 0.25) is 0 Å². The lowest BCUT2D eigenvalue weighted by Gasteiger charge is -2.44. The first kappa shape index (κ1) is 23.1. The van der Waals surface area contributed by atoms with Crippen molar-refractivity contribution >= 4 is 23.4 Å². The summed E-state index contributed by atoms with van der Waals surface area (Å²) in [6.45, 7) is 9.20. The summed E-state index contributed by atoms with van der Waals surface area (Å²) in [4.78, 5) is 16.8. The first-order valence-electron chi connectivity index (χ1n) is 11.4. The number of benzene rings is 2. The number of ether oxygens (including phenoxy) is 4. The van der Waals surface area contributed by atoms with Crippen LogP contribution in [-0.2, 0) is 15.3 Å². The quantitative estimate of drug-likeness (QED) is 0.593. The second-order valence-electron chi connectivity index (χ2n) is 9.92. The monoisotopic (exact) mass is 490 g/mol. The Kier molecular flexibility index (Phi) is 5.56. The highest BCUT2D eigenvalue weighted by Crippen LogP contribution is 2.50. The van der Waals surface area contributed by atoms with Crippen LogP contribution in [0.4, 0.5) is 14.9 Å². The third-order valence-electron chi connectivity index (χ3n) is 6.32. The molecule has 0 spiro atoms. The molecule has 2 aromatic carbocycles. The molecule has 3 aliphatic heterocycles.